The fourth-order valence-corrected chi connectivity index (χ4v) is 2.58. The molecule has 110 valence electrons. The second kappa shape index (κ2) is 5.04. The third-order valence-electron chi connectivity index (χ3n) is 3.54. The van der Waals surface area contributed by atoms with Crippen LogP contribution in [0.25, 0.3) is 11.0 Å². The molecule has 0 radical (unpaired) electrons. The van der Waals surface area contributed by atoms with Crippen molar-refractivity contribution in [2.75, 3.05) is 24.5 Å². The van der Waals surface area contributed by atoms with Crippen LogP contribution in [0.1, 0.15) is 16.8 Å². The third-order valence-corrected chi connectivity index (χ3v) is 3.54. The van der Waals surface area contributed by atoms with Crippen molar-refractivity contribution in [3.8, 4) is 0 Å². The molecule has 0 aliphatic carbocycles. The van der Waals surface area contributed by atoms with Crippen LogP contribution in [0.4, 0.5) is 5.69 Å². The number of carboxylic acid groups (broad SMARTS) is 1. The lowest BCUT2D eigenvalue weighted by Crippen LogP contribution is -2.34. The van der Waals surface area contributed by atoms with Gasteiger partial charge in [0.15, 0.2) is 5.65 Å². The fraction of sp³-hybridized carbons (Fsp3) is 0.385. The van der Waals surface area contributed by atoms with E-state index in [1.807, 2.05) is 0 Å². The van der Waals surface area contributed by atoms with Gasteiger partial charge in [0.05, 0.1) is 23.8 Å². The number of hydrogen-bond acceptors (Lipinski definition) is 5. The topological polar surface area (TPSA) is 100 Å². The molecule has 21 heavy (non-hydrogen) atoms. The number of aromatic nitrogens is 3. The van der Waals surface area contributed by atoms with Gasteiger partial charge in [-0.3, -0.25) is 9.48 Å². The molecule has 3 heterocycles. The maximum atomic E-state index is 11.8. The van der Waals surface area contributed by atoms with Gasteiger partial charge in [-0.2, -0.15) is 5.10 Å². The molecular weight excluding hydrogens is 274 g/mol. The summed E-state index contributed by atoms with van der Waals surface area (Å²) >= 11 is 0. The minimum Gasteiger partial charge on any atom is -0.478 e. The van der Waals surface area contributed by atoms with Crippen LogP contribution in [0.2, 0.25) is 0 Å². The SMILES string of the molecule is Cn1ncc2c(N3CCCNC(=O)C3)c(C(=O)O)cnc21. The van der Waals surface area contributed by atoms with Gasteiger partial charge < -0.3 is 15.3 Å². The number of rotatable bonds is 2. The highest BCUT2D eigenvalue weighted by Crippen LogP contribution is 2.29. The molecular formula is C13H15N5O3. The van der Waals surface area contributed by atoms with E-state index < -0.39 is 5.97 Å². The molecule has 1 aliphatic rings. The molecule has 3 rings (SSSR count). The van der Waals surface area contributed by atoms with Crippen molar-refractivity contribution in [1.29, 1.82) is 0 Å². The van der Waals surface area contributed by atoms with E-state index in [9.17, 15) is 14.7 Å². The van der Waals surface area contributed by atoms with E-state index in [0.29, 0.717) is 29.8 Å². The Balaban J connectivity index is 2.19. The standard InChI is InChI=1S/C13H15N5O3/c1-17-12-8(6-16-17)11(9(5-15-12)13(20)21)18-4-2-3-14-10(19)7-18/h5-6H,2-4,7H2,1H3,(H,14,19)(H,20,21). The summed E-state index contributed by atoms with van der Waals surface area (Å²) in [6, 6.07) is 0. The number of nitrogens with zero attached hydrogens (tertiary/aromatic N) is 4. The first kappa shape index (κ1) is 13.3. The van der Waals surface area contributed by atoms with Gasteiger partial charge in [-0.25, -0.2) is 9.78 Å². The molecule has 8 heteroatoms. The molecule has 0 bridgehead atoms. The normalized spacial score (nSPS) is 15.9. The zero-order valence-corrected chi connectivity index (χ0v) is 11.5. The zero-order chi connectivity index (χ0) is 15.0. The van der Waals surface area contributed by atoms with Crippen LogP contribution in [0, 0.1) is 0 Å². The van der Waals surface area contributed by atoms with Crippen LogP contribution in [0.3, 0.4) is 0 Å². The number of fused-ring (bicyclic) bond motifs is 1. The lowest BCUT2D eigenvalue weighted by molar-refractivity contribution is -0.119. The van der Waals surface area contributed by atoms with Gasteiger partial charge in [0.2, 0.25) is 5.91 Å². The number of aromatic carboxylic acids is 1. The Labute approximate surface area is 120 Å². The molecule has 0 spiro atoms. The number of amides is 1. The van der Waals surface area contributed by atoms with Gasteiger partial charge >= 0.3 is 5.97 Å². The van der Waals surface area contributed by atoms with Gasteiger partial charge in [0.25, 0.3) is 0 Å². The second-order valence-corrected chi connectivity index (χ2v) is 4.96. The van der Waals surface area contributed by atoms with Crippen LogP contribution >= 0.6 is 0 Å². The molecule has 1 amide bonds. The highest BCUT2D eigenvalue weighted by atomic mass is 16.4. The van der Waals surface area contributed by atoms with Gasteiger partial charge in [-0.1, -0.05) is 0 Å². The quantitative estimate of drug-likeness (QED) is 0.806. The van der Waals surface area contributed by atoms with E-state index in [0.717, 1.165) is 6.42 Å². The van der Waals surface area contributed by atoms with Crippen LogP contribution < -0.4 is 10.2 Å². The number of pyridine rings is 1. The molecule has 0 atom stereocenters. The van der Waals surface area contributed by atoms with Crippen LogP contribution in [-0.4, -0.2) is 51.4 Å². The summed E-state index contributed by atoms with van der Waals surface area (Å²) in [6.45, 7) is 1.33. The molecule has 1 saturated heterocycles. The predicted octanol–water partition coefficient (Wildman–Crippen LogP) is -0.00720. The van der Waals surface area contributed by atoms with Crippen molar-refractivity contribution in [3.05, 3.63) is 18.0 Å². The van der Waals surface area contributed by atoms with Crippen molar-refractivity contribution in [1.82, 2.24) is 20.1 Å². The minimum absolute atomic E-state index is 0.0881. The zero-order valence-electron chi connectivity index (χ0n) is 11.5. The third kappa shape index (κ3) is 2.28. The van der Waals surface area contributed by atoms with E-state index in [2.05, 4.69) is 15.4 Å². The average molecular weight is 289 g/mol. The number of carbonyl (C=O) groups excluding carboxylic acids is 1. The van der Waals surface area contributed by atoms with Gasteiger partial charge in [-0.15, -0.1) is 0 Å². The molecule has 0 unspecified atom stereocenters. The fourth-order valence-electron chi connectivity index (χ4n) is 2.58. The molecule has 2 N–H and O–H groups in total. The van der Waals surface area contributed by atoms with Crippen LogP contribution in [-0.2, 0) is 11.8 Å². The maximum absolute atomic E-state index is 11.8. The Hall–Kier alpha value is -2.64. The number of hydrogen-bond donors (Lipinski definition) is 2. The van der Waals surface area contributed by atoms with E-state index in [4.69, 9.17) is 0 Å². The molecule has 0 aromatic carbocycles. The van der Waals surface area contributed by atoms with Crippen molar-refractivity contribution in [3.63, 3.8) is 0 Å². The summed E-state index contributed by atoms with van der Waals surface area (Å²) in [5.74, 6) is -1.18. The summed E-state index contributed by atoms with van der Waals surface area (Å²) in [6.07, 6.45) is 3.67. The highest BCUT2D eigenvalue weighted by Gasteiger charge is 2.24. The molecule has 1 fully saturated rings. The lowest BCUT2D eigenvalue weighted by atomic mass is 10.1. The largest absolute Gasteiger partial charge is 0.478 e. The average Bonchev–Trinajstić information content (AvgIpc) is 2.69. The summed E-state index contributed by atoms with van der Waals surface area (Å²) in [7, 11) is 1.74. The van der Waals surface area contributed by atoms with E-state index in [1.165, 1.54) is 6.20 Å². The molecule has 8 nitrogen and oxygen atoms in total. The summed E-state index contributed by atoms with van der Waals surface area (Å²) < 4.78 is 1.59. The molecule has 2 aromatic rings. The first-order valence-electron chi connectivity index (χ1n) is 6.63. The Kier molecular flexibility index (Phi) is 3.20. The number of carbonyl (C=O) groups is 2. The van der Waals surface area contributed by atoms with E-state index >= 15 is 0 Å². The number of anilines is 1. The predicted molar refractivity (Wildman–Crippen MR) is 75.3 cm³/mol. The van der Waals surface area contributed by atoms with Gasteiger partial charge in [-0.05, 0) is 6.42 Å². The van der Waals surface area contributed by atoms with Crippen molar-refractivity contribution < 1.29 is 14.7 Å². The maximum Gasteiger partial charge on any atom is 0.339 e. The highest BCUT2D eigenvalue weighted by molar-refractivity contribution is 6.04. The first-order chi connectivity index (χ1) is 10.1. The summed E-state index contributed by atoms with van der Waals surface area (Å²) in [4.78, 5) is 29.2. The number of aryl methyl sites for hydroxylation is 1. The number of carboxylic acids is 1. The Morgan fingerprint density at radius 2 is 2.24 bits per heavy atom. The second-order valence-electron chi connectivity index (χ2n) is 4.96. The summed E-state index contributed by atoms with van der Waals surface area (Å²) in [5, 5.41) is 17.0. The van der Waals surface area contributed by atoms with Gasteiger partial charge in [0.1, 0.15) is 5.56 Å². The summed E-state index contributed by atoms with van der Waals surface area (Å²) in [5.41, 5.74) is 1.20. The molecule has 1 aliphatic heterocycles. The van der Waals surface area contributed by atoms with E-state index in [-0.39, 0.29) is 18.0 Å². The monoisotopic (exact) mass is 289 g/mol. The number of nitrogens with one attached hydrogen (secondary N) is 1. The molecule has 0 saturated carbocycles. The van der Waals surface area contributed by atoms with Gasteiger partial charge in [0, 0.05) is 26.3 Å². The Morgan fingerprint density at radius 1 is 1.43 bits per heavy atom. The van der Waals surface area contributed by atoms with Crippen LogP contribution in [0.15, 0.2) is 12.4 Å². The van der Waals surface area contributed by atoms with Crippen LogP contribution in [0.5, 0.6) is 0 Å². The molecule has 2 aromatic heterocycles. The minimum atomic E-state index is -1.06. The Morgan fingerprint density at radius 3 is 3.00 bits per heavy atom. The van der Waals surface area contributed by atoms with Crippen molar-refractivity contribution in [2.45, 2.75) is 6.42 Å². The van der Waals surface area contributed by atoms with Crippen molar-refractivity contribution >= 4 is 28.6 Å². The van der Waals surface area contributed by atoms with Crippen molar-refractivity contribution in [2.24, 2.45) is 7.05 Å². The van der Waals surface area contributed by atoms with E-state index in [1.54, 1.807) is 22.8 Å². The lowest BCUT2D eigenvalue weighted by Gasteiger charge is -2.23. The Bertz CT molecular complexity index is 724. The first-order valence-corrected chi connectivity index (χ1v) is 6.63. The smallest absolute Gasteiger partial charge is 0.339 e.